The van der Waals surface area contributed by atoms with Crippen LogP contribution >= 0.6 is 0 Å². The van der Waals surface area contributed by atoms with Crippen LogP contribution in [0.25, 0.3) is 0 Å². The number of hydrogen-bond donors (Lipinski definition) is 0. The first-order chi connectivity index (χ1) is 9.88. The summed E-state index contributed by atoms with van der Waals surface area (Å²) in [6, 6.07) is 2.07. The molecule has 111 valence electrons. The quantitative estimate of drug-likeness (QED) is 0.759. The number of hydrogen-bond acceptors (Lipinski definition) is 4. The number of nitrogens with zero attached hydrogens (tertiary/aromatic N) is 3. The Bertz CT molecular complexity index is 339. The highest BCUT2D eigenvalue weighted by Crippen LogP contribution is 2.41. The van der Waals surface area contributed by atoms with Crippen LogP contribution in [0, 0.1) is 17.2 Å². The summed E-state index contributed by atoms with van der Waals surface area (Å²) in [4.78, 5) is 2.35. The number of ether oxygens (including phenoxy) is 2. The van der Waals surface area contributed by atoms with Crippen molar-refractivity contribution < 1.29 is 9.47 Å². The van der Waals surface area contributed by atoms with E-state index >= 15 is 0 Å². The molecular formula is C15H24N3O2. The molecule has 0 amide bonds. The maximum Gasteiger partial charge on any atom is 0.155 e. The van der Waals surface area contributed by atoms with Crippen molar-refractivity contribution in [1.82, 2.24) is 10.2 Å². The molecule has 0 spiro atoms. The van der Waals surface area contributed by atoms with Crippen LogP contribution in [0.4, 0.5) is 0 Å². The van der Waals surface area contributed by atoms with Gasteiger partial charge in [-0.15, -0.1) is 0 Å². The molecule has 0 bridgehead atoms. The van der Waals surface area contributed by atoms with Crippen LogP contribution in [-0.2, 0) is 9.47 Å². The van der Waals surface area contributed by atoms with Crippen molar-refractivity contribution >= 4 is 0 Å². The summed E-state index contributed by atoms with van der Waals surface area (Å²) in [6.07, 6.45) is 6.12. The molecule has 3 aliphatic rings. The molecule has 0 N–H and O–H groups in total. The zero-order chi connectivity index (χ0) is 13.8. The molecule has 2 atom stereocenters. The Kier molecular flexibility index (Phi) is 4.57. The molecule has 0 aromatic heterocycles. The zero-order valence-corrected chi connectivity index (χ0v) is 12.1. The van der Waals surface area contributed by atoms with Gasteiger partial charge in [0.25, 0.3) is 0 Å². The van der Waals surface area contributed by atoms with Gasteiger partial charge in [-0.3, -0.25) is 4.90 Å². The van der Waals surface area contributed by atoms with Gasteiger partial charge in [0.2, 0.25) is 0 Å². The smallest absolute Gasteiger partial charge is 0.155 e. The summed E-state index contributed by atoms with van der Waals surface area (Å²) in [5.41, 5.74) is -0.489. The largest absolute Gasteiger partial charge is 0.379 e. The van der Waals surface area contributed by atoms with Crippen LogP contribution in [-0.4, -0.2) is 56.1 Å². The molecular weight excluding hydrogens is 254 g/mol. The summed E-state index contributed by atoms with van der Waals surface area (Å²) < 4.78 is 11.8. The first-order valence-electron chi connectivity index (χ1n) is 7.91. The molecule has 1 aliphatic carbocycles. The zero-order valence-electron chi connectivity index (χ0n) is 12.1. The Morgan fingerprint density at radius 3 is 2.55 bits per heavy atom. The summed E-state index contributed by atoms with van der Waals surface area (Å²) in [5, 5.41) is 14.2. The SMILES string of the molecule is N#CC1[N]CCOC1(C1CCCCC1)N1CCOCC1. The van der Waals surface area contributed by atoms with Crippen molar-refractivity contribution in [3.8, 4) is 6.07 Å². The van der Waals surface area contributed by atoms with E-state index in [-0.39, 0.29) is 6.04 Å². The lowest BCUT2D eigenvalue weighted by Crippen LogP contribution is -2.69. The topological polar surface area (TPSA) is 59.6 Å². The molecule has 3 fully saturated rings. The van der Waals surface area contributed by atoms with Gasteiger partial charge in [-0.05, 0) is 12.8 Å². The summed E-state index contributed by atoms with van der Waals surface area (Å²) in [6.45, 7) is 4.46. The van der Waals surface area contributed by atoms with Crippen molar-refractivity contribution in [2.75, 3.05) is 39.5 Å². The molecule has 2 saturated heterocycles. The Labute approximate surface area is 121 Å². The molecule has 5 heteroatoms. The van der Waals surface area contributed by atoms with E-state index in [0.717, 1.165) is 39.1 Å². The van der Waals surface area contributed by atoms with Crippen LogP contribution in [0.5, 0.6) is 0 Å². The molecule has 2 unspecified atom stereocenters. The van der Waals surface area contributed by atoms with Crippen molar-refractivity contribution in [2.24, 2.45) is 5.92 Å². The lowest BCUT2D eigenvalue weighted by atomic mass is 9.76. The number of morpholine rings is 2. The summed E-state index contributed by atoms with van der Waals surface area (Å²) >= 11 is 0. The average Bonchev–Trinajstić information content (AvgIpc) is 2.56. The standard InChI is InChI=1S/C15H24N3O2/c16-12-14-15(20-9-6-17-14,13-4-2-1-3-5-13)18-7-10-19-11-8-18/h13-14H,1-11H2. The molecule has 20 heavy (non-hydrogen) atoms. The predicted molar refractivity (Wildman–Crippen MR) is 74.1 cm³/mol. The Morgan fingerprint density at radius 2 is 1.85 bits per heavy atom. The van der Waals surface area contributed by atoms with E-state index in [4.69, 9.17) is 9.47 Å². The molecule has 2 heterocycles. The van der Waals surface area contributed by atoms with Gasteiger partial charge in [-0.2, -0.15) is 5.26 Å². The maximum atomic E-state index is 9.61. The van der Waals surface area contributed by atoms with Crippen LogP contribution in [0.1, 0.15) is 32.1 Å². The summed E-state index contributed by atoms with van der Waals surface area (Å²) in [7, 11) is 0. The van der Waals surface area contributed by atoms with E-state index in [0.29, 0.717) is 19.1 Å². The Balaban J connectivity index is 1.89. The first kappa shape index (κ1) is 14.3. The van der Waals surface area contributed by atoms with Crippen LogP contribution in [0.2, 0.25) is 0 Å². The van der Waals surface area contributed by atoms with Gasteiger partial charge in [-0.25, -0.2) is 5.32 Å². The van der Waals surface area contributed by atoms with E-state index in [1.165, 1.54) is 19.3 Å². The van der Waals surface area contributed by atoms with Gasteiger partial charge in [0.15, 0.2) is 11.8 Å². The minimum atomic E-state index is -0.489. The normalized spacial score (nSPS) is 37.5. The van der Waals surface area contributed by atoms with Gasteiger partial charge in [0.1, 0.15) is 0 Å². The van der Waals surface area contributed by atoms with E-state index in [1.807, 2.05) is 0 Å². The van der Waals surface area contributed by atoms with E-state index < -0.39 is 5.72 Å². The predicted octanol–water partition coefficient (Wildman–Crippen LogP) is 1.12. The molecule has 1 saturated carbocycles. The van der Waals surface area contributed by atoms with Crippen molar-refractivity contribution in [2.45, 2.75) is 43.9 Å². The van der Waals surface area contributed by atoms with E-state index in [9.17, 15) is 5.26 Å². The monoisotopic (exact) mass is 278 g/mol. The van der Waals surface area contributed by atoms with Gasteiger partial charge in [0, 0.05) is 25.6 Å². The van der Waals surface area contributed by atoms with Crippen molar-refractivity contribution in [3.63, 3.8) is 0 Å². The second-order valence-corrected chi connectivity index (χ2v) is 5.97. The second-order valence-electron chi connectivity index (χ2n) is 5.97. The van der Waals surface area contributed by atoms with Crippen LogP contribution in [0.15, 0.2) is 0 Å². The van der Waals surface area contributed by atoms with Crippen molar-refractivity contribution in [3.05, 3.63) is 0 Å². The Hall–Kier alpha value is -0.670. The van der Waals surface area contributed by atoms with E-state index in [1.54, 1.807) is 0 Å². The highest BCUT2D eigenvalue weighted by atomic mass is 16.5. The molecule has 5 nitrogen and oxygen atoms in total. The minimum Gasteiger partial charge on any atom is -0.379 e. The minimum absolute atomic E-state index is 0.350. The number of rotatable bonds is 2. The molecule has 2 aliphatic heterocycles. The van der Waals surface area contributed by atoms with Gasteiger partial charge in [0.05, 0.1) is 25.9 Å². The molecule has 3 rings (SSSR count). The molecule has 1 radical (unpaired) electrons. The lowest BCUT2D eigenvalue weighted by Gasteiger charge is -2.54. The summed E-state index contributed by atoms with van der Waals surface area (Å²) in [5.74, 6) is 0.433. The average molecular weight is 278 g/mol. The Morgan fingerprint density at radius 1 is 1.10 bits per heavy atom. The van der Waals surface area contributed by atoms with Crippen molar-refractivity contribution in [1.29, 1.82) is 5.26 Å². The maximum absolute atomic E-state index is 9.61. The fourth-order valence-corrected chi connectivity index (χ4v) is 4.03. The third-order valence-electron chi connectivity index (χ3n) is 4.95. The fourth-order valence-electron chi connectivity index (χ4n) is 4.03. The molecule has 0 aromatic rings. The van der Waals surface area contributed by atoms with Gasteiger partial charge >= 0.3 is 0 Å². The van der Waals surface area contributed by atoms with Crippen LogP contribution in [0.3, 0.4) is 0 Å². The highest BCUT2D eigenvalue weighted by Gasteiger charge is 2.53. The fraction of sp³-hybridized carbons (Fsp3) is 0.933. The van der Waals surface area contributed by atoms with E-state index in [2.05, 4.69) is 16.3 Å². The van der Waals surface area contributed by atoms with Gasteiger partial charge in [-0.1, -0.05) is 19.3 Å². The second kappa shape index (κ2) is 6.40. The van der Waals surface area contributed by atoms with Crippen LogP contribution < -0.4 is 5.32 Å². The molecule has 0 aromatic carbocycles. The lowest BCUT2D eigenvalue weighted by molar-refractivity contribution is -0.236. The third kappa shape index (κ3) is 2.46. The number of nitriles is 1. The van der Waals surface area contributed by atoms with Gasteiger partial charge < -0.3 is 9.47 Å². The first-order valence-corrected chi connectivity index (χ1v) is 7.91. The highest BCUT2D eigenvalue weighted by molar-refractivity contribution is 5.10. The third-order valence-corrected chi connectivity index (χ3v) is 4.95.